The van der Waals surface area contributed by atoms with Gasteiger partial charge in [-0.15, -0.1) is 0 Å². The van der Waals surface area contributed by atoms with Crippen LogP contribution in [0.1, 0.15) is 64.2 Å². The Morgan fingerprint density at radius 2 is 1.76 bits per heavy atom. The van der Waals surface area contributed by atoms with E-state index in [0.717, 1.165) is 12.1 Å². The van der Waals surface area contributed by atoms with E-state index >= 15 is 0 Å². The zero-order valence-corrected chi connectivity index (χ0v) is 11.6. The van der Waals surface area contributed by atoms with Crippen LogP contribution in [0, 0.1) is 0 Å². The van der Waals surface area contributed by atoms with Gasteiger partial charge >= 0.3 is 0 Å². The summed E-state index contributed by atoms with van der Waals surface area (Å²) in [6.45, 7) is 2.56. The third kappa shape index (κ3) is 4.59. The molecule has 2 heteroatoms. The summed E-state index contributed by atoms with van der Waals surface area (Å²) in [7, 11) is 2.34. The second-order valence-electron chi connectivity index (χ2n) is 6.06. The number of hydrogen-bond donors (Lipinski definition) is 1. The minimum absolute atomic E-state index is 0.823. The van der Waals surface area contributed by atoms with Crippen molar-refractivity contribution in [1.29, 1.82) is 0 Å². The SMILES string of the molecule is CN(CCCC1CCCCN1)C1CCCCC1. The topological polar surface area (TPSA) is 15.3 Å². The highest BCUT2D eigenvalue weighted by molar-refractivity contribution is 4.75. The maximum Gasteiger partial charge on any atom is 0.00922 e. The molecule has 0 spiro atoms. The average Bonchev–Trinajstić information content (AvgIpc) is 2.41. The van der Waals surface area contributed by atoms with Crippen molar-refractivity contribution < 1.29 is 0 Å². The van der Waals surface area contributed by atoms with E-state index in [2.05, 4.69) is 17.3 Å². The molecule has 0 aromatic carbocycles. The molecule has 1 saturated heterocycles. The first-order valence-corrected chi connectivity index (χ1v) is 7.80. The van der Waals surface area contributed by atoms with Gasteiger partial charge in [0.1, 0.15) is 0 Å². The Balaban J connectivity index is 1.57. The molecule has 2 nitrogen and oxygen atoms in total. The molecule has 1 saturated carbocycles. The summed E-state index contributed by atoms with van der Waals surface area (Å²) in [5.74, 6) is 0. The van der Waals surface area contributed by atoms with Crippen LogP contribution in [-0.4, -0.2) is 37.1 Å². The van der Waals surface area contributed by atoms with Crippen LogP contribution in [-0.2, 0) is 0 Å². The van der Waals surface area contributed by atoms with Gasteiger partial charge in [-0.3, -0.25) is 0 Å². The van der Waals surface area contributed by atoms with E-state index in [1.54, 1.807) is 0 Å². The fraction of sp³-hybridized carbons (Fsp3) is 1.00. The fourth-order valence-electron chi connectivity index (χ4n) is 3.46. The second kappa shape index (κ2) is 7.38. The average molecular weight is 238 g/mol. The summed E-state index contributed by atoms with van der Waals surface area (Å²) in [5, 5.41) is 3.65. The van der Waals surface area contributed by atoms with Crippen LogP contribution in [0.3, 0.4) is 0 Å². The lowest BCUT2D eigenvalue weighted by Crippen LogP contribution is -2.37. The van der Waals surface area contributed by atoms with Gasteiger partial charge in [0.15, 0.2) is 0 Å². The molecule has 1 aliphatic heterocycles. The van der Waals surface area contributed by atoms with E-state index in [9.17, 15) is 0 Å². The number of rotatable bonds is 5. The Bertz CT molecular complexity index is 193. The van der Waals surface area contributed by atoms with Crippen molar-refractivity contribution in [3.8, 4) is 0 Å². The van der Waals surface area contributed by atoms with E-state index in [4.69, 9.17) is 0 Å². The molecule has 1 unspecified atom stereocenters. The summed E-state index contributed by atoms with van der Waals surface area (Å²) in [6, 6.07) is 1.71. The van der Waals surface area contributed by atoms with Gasteiger partial charge in [0.25, 0.3) is 0 Å². The van der Waals surface area contributed by atoms with Crippen molar-refractivity contribution in [2.24, 2.45) is 0 Å². The molecule has 0 aromatic heterocycles. The minimum atomic E-state index is 0.823. The Labute approximate surface area is 107 Å². The minimum Gasteiger partial charge on any atom is -0.314 e. The molecule has 2 rings (SSSR count). The van der Waals surface area contributed by atoms with Gasteiger partial charge in [-0.2, -0.15) is 0 Å². The van der Waals surface area contributed by atoms with Crippen molar-refractivity contribution in [3.63, 3.8) is 0 Å². The Kier molecular flexibility index (Phi) is 5.79. The predicted molar refractivity (Wildman–Crippen MR) is 74.4 cm³/mol. The third-order valence-electron chi connectivity index (χ3n) is 4.67. The molecule has 0 bridgehead atoms. The van der Waals surface area contributed by atoms with Gasteiger partial charge in [-0.1, -0.05) is 25.7 Å². The summed E-state index contributed by atoms with van der Waals surface area (Å²) in [4.78, 5) is 2.63. The first-order valence-electron chi connectivity index (χ1n) is 7.80. The van der Waals surface area contributed by atoms with E-state index in [-0.39, 0.29) is 0 Å². The highest BCUT2D eigenvalue weighted by atomic mass is 15.1. The lowest BCUT2D eigenvalue weighted by molar-refractivity contribution is 0.185. The molecule has 1 atom stereocenters. The molecule has 17 heavy (non-hydrogen) atoms. The molecule has 1 N–H and O–H groups in total. The van der Waals surface area contributed by atoms with Gasteiger partial charge < -0.3 is 10.2 Å². The number of nitrogens with zero attached hydrogens (tertiary/aromatic N) is 1. The first-order chi connectivity index (χ1) is 8.36. The van der Waals surface area contributed by atoms with Gasteiger partial charge in [0.2, 0.25) is 0 Å². The maximum atomic E-state index is 3.65. The highest BCUT2D eigenvalue weighted by Gasteiger charge is 2.18. The summed E-state index contributed by atoms with van der Waals surface area (Å²) in [5.41, 5.74) is 0. The third-order valence-corrected chi connectivity index (χ3v) is 4.67. The number of piperidine rings is 1. The molecule has 1 aliphatic carbocycles. The maximum absolute atomic E-state index is 3.65. The van der Waals surface area contributed by atoms with Crippen LogP contribution in [0.15, 0.2) is 0 Å². The molecule has 2 aliphatic rings. The van der Waals surface area contributed by atoms with Gasteiger partial charge in [0, 0.05) is 12.1 Å². The Hall–Kier alpha value is -0.0800. The van der Waals surface area contributed by atoms with Crippen LogP contribution in [0.2, 0.25) is 0 Å². The van der Waals surface area contributed by atoms with Crippen molar-refractivity contribution in [2.75, 3.05) is 20.1 Å². The largest absolute Gasteiger partial charge is 0.314 e. The molecular weight excluding hydrogens is 208 g/mol. The quantitative estimate of drug-likeness (QED) is 0.791. The normalized spacial score (nSPS) is 27.5. The summed E-state index contributed by atoms with van der Waals surface area (Å²) < 4.78 is 0. The van der Waals surface area contributed by atoms with Crippen LogP contribution in [0.5, 0.6) is 0 Å². The van der Waals surface area contributed by atoms with Crippen molar-refractivity contribution in [3.05, 3.63) is 0 Å². The van der Waals surface area contributed by atoms with E-state index in [1.165, 1.54) is 77.3 Å². The fourth-order valence-corrected chi connectivity index (χ4v) is 3.46. The van der Waals surface area contributed by atoms with Crippen molar-refractivity contribution in [1.82, 2.24) is 10.2 Å². The molecule has 0 radical (unpaired) electrons. The van der Waals surface area contributed by atoms with Gasteiger partial charge in [-0.25, -0.2) is 0 Å². The first kappa shape index (κ1) is 13.4. The lowest BCUT2D eigenvalue weighted by atomic mass is 9.94. The van der Waals surface area contributed by atoms with Crippen LogP contribution in [0.25, 0.3) is 0 Å². The molecule has 0 aromatic rings. The number of nitrogens with one attached hydrogen (secondary N) is 1. The number of hydrogen-bond acceptors (Lipinski definition) is 2. The van der Waals surface area contributed by atoms with Gasteiger partial charge in [0.05, 0.1) is 0 Å². The van der Waals surface area contributed by atoms with Gasteiger partial charge in [-0.05, 0) is 58.7 Å². The molecule has 0 amide bonds. The van der Waals surface area contributed by atoms with Crippen LogP contribution in [0.4, 0.5) is 0 Å². The van der Waals surface area contributed by atoms with Crippen molar-refractivity contribution in [2.45, 2.75) is 76.3 Å². The molecule has 1 heterocycles. The summed E-state index contributed by atoms with van der Waals surface area (Å²) in [6.07, 6.45) is 14.3. The molecule has 100 valence electrons. The zero-order chi connectivity index (χ0) is 11.9. The zero-order valence-electron chi connectivity index (χ0n) is 11.6. The second-order valence-corrected chi connectivity index (χ2v) is 6.06. The Morgan fingerprint density at radius 3 is 2.47 bits per heavy atom. The standard InChI is InChI=1S/C15H30N2/c1-17(15-10-3-2-4-11-15)13-7-9-14-8-5-6-12-16-14/h14-16H,2-13H2,1H3. The Morgan fingerprint density at radius 1 is 1.00 bits per heavy atom. The van der Waals surface area contributed by atoms with E-state index < -0.39 is 0 Å². The molecule has 2 fully saturated rings. The van der Waals surface area contributed by atoms with E-state index in [0.29, 0.717) is 0 Å². The molecular formula is C15H30N2. The monoisotopic (exact) mass is 238 g/mol. The van der Waals surface area contributed by atoms with Crippen LogP contribution >= 0.6 is 0 Å². The smallest absolute Gasteiger partial charge is 0.00922 e. The highest BCUT2D eigenvalue weighted by Crippen LogP contribution is 2.22. The summed E-state index contributed by atoms with van der Waals surface area (Å²) >= 11 is 0. The predicted octanol–water partition coefficient (Wildman–Crippen LogP) is 3.17. The lowest BCUT2D eigenvalue weighted by Gasteiger charge is -2.32. The van der Waals surface area contributed by atoms with Crippen molar-refractivity contribution >= 4 is 0 Å². The van der Waals surface area contributed by atoms with Crippen LogP contribution < -0.4 is 5.32 Å². The van der Waals surface area contributed by atoms with E-state index in [1.807, 2.05) is 0 Å².